The number of hydrogen-bond acceptors (Lipinski definition) is 6. The Morgan fingerprint density at radius 2 is 1.62 bits per heavy atom. The van der Waals surface area contributed by atoms with Crippen LogP contribution in [0.1, 0.15) is 29.4 Å². The molecule has 3 aromatic rings. The number of anilines is 4. The van der Waals surface area contributed by atoms with E-state index >= 15 is 0 Å². The first kappa shape index (κ1) is 19.2. The highest BCUT2D eigenvalue weighted by atomic mass is 35.5. The Bertz CT molecular complexity index is 1040. The van der Waals surface area contributed by atoms with Gasteiger partial charge in [-0.2, -0.15) is 4.98 Å². The van der Waals surface area contributed by atoms with Crippen LogP contribution in [0, 0.1) is 5.92 Å². The zero-order valence-electron chi connectivity index (χ0n) is 16.2. The van der Waals surface area contributed by atoms with Crippen molar-refractivity contribution in [1.29, 1.82) is 0 Å². The first-order valence-corrected chi connectivity index (χ1v) is 9.77. The first-order valence-electron chi connectivity index (χ1n) is 9.39. The summed E-state index contributed by atoms with van der Waals surface area (Å²) in [5.74, 6) is 2.02. The smallest absolute Gasteiger partial charge is 0.229 e. The molecule has 1 heterocycles. The molecule has 6 nitrogen and oxygen atoms in total. The number of carbonyl (C=O) groups is 1. The normalized spacial score (nSPS) is 15.6. The summed E-state index contributed by atoms with van der Waals surface area (Å²) in [5.41, 5.74) is 2.97. The molecule has 0 bridgehead atoms. The van der Waals surface area contributed by atoms with Gasteiger partial charge in [-0.1, -0.05) is 18.5 Å². The van der Waals surface area contributed by atoms with Gasteiger partial charge in [0.25, 0.3) is 0 Å². The number of nitrogens with zero attached hydrogens (tertiary/aromatic N) is 2. The third-order valence-corrected chi connectivity index (χ3v) is 5.04. The van der Waals surface area contributed by atoms with Crippen molar-refractivity contribution in [2.45, 2.75) is 19.8 Å². The van der Waals surface area contributed by atoms with Crippen molar-refractivity contribution in [3.05, 3.63) is 64.8 Å². The fraction of sp³-hybridized carbons (Fsp3) is 0.227. The lowest BCUT2D eigenvalue weighted by Gasteiger charge is -2.23. The second kappa shape index (κ2) is 8.09. The molecule has 1 atom stereocenters. The molecule has 1 aliphatic rings. The van der Waals surface area contributed by atoms with E-state index in [0.717, 1.165) is 29.2 Å². The second-order valence-corrected chi connectivity index (χ2v) is 7.58. The molecule has 0 aliphatic heterocycles. The molecule has 7 heteroatoms. The van der Waals surface area contributed by atoms with Crippen molar-refractivity contribution >= 4 is 40.5 Å². The number of carbonyl (C=O) groups excluding carboxylic acids is 1. The van der Waals surface area contributed by atoms with Crippen molar-refractivity contribution in [2.24, 2.45) is 5.92 Å². The van der Waals surface area contributed by atoms with Crippen LogP contribution in [0.15, 0.2) is 48.5 Å². The number of benzene rings is 2. The Kier molecular flexibility index (Phi) is 5.36. The van der Waals surface area contributed by atoms with Crippen LogP contribution in [0.3, 0.4) is 0 Å². The molecule has 2 aromatic carbocycles. The molecule has 0 amide bonds. The molecule has 0 saturated heterocycles. The number of fused-ring (bicyclic) bond motifs is 1. The van der Waals surface area contributed by atoms with E-state index in [1.54, 1.807) is 19.2 Å². The molecule has 0 saturated carbocycles. The maximum absolute atomic E-state index is 12.7. The Balaban J connectivity index is 1.71. The van der Waals surface area contributed by atoms with Gasteiger partial charge in [0.2, 0.25) is 5.95 Å². The molecular formula is C22H21ClN4O2. The van der Waals surface area contributed by atoms with E-state index in [1.807, 2.05) is 36.4 Å². The summed E-state index contributed by atoms with van der Waals surface area (Å²) in [4.78, 5) is 22.0. The highest BCUT2D eigenvalue weighted by molar-refractivity contribution is 6.30. The van der Waals surface area contributed by atoms with Gasteiger partial charge in [0.1, 0.15) is 11.6 Å². The van der Waals surface area contributed by atoms with E-state index in [0.29, 0.717) is 28.8 Å². The van der Waals surface area contributed by atoms with E-state index < -0.39 is 0 Å². The lowest BCUT2D eigenvalue weighted by Crippen LogP contribution is -2.22. The standard InChI is InChI=1S/C22H21ClN4O2/c1-13-11-18-20(19(28)12-13)21(24-15-7-9-17(29-2)10-8-15)27-22(26-18)25-16-5-3-14(23)4-6-16/h3-10,13H,11-12H2,1-2H3,(H2,24,25,26,27). The van der Waals surface area contributed by atoms with Gasteiger partial charge in [-0.25, -0.2) is 4.98 Å². The fourth-order valence-corrected chi connectivity index (χ4v) is 3.51. The van der Waals surface area contributed by atoms with Crippen molar-refractivity contribution in [1.82, 2.24) is 9.97 Å². The van der Waals surface area contributed by atoms with E-state index in [2.05, 4.69) is 27.5 Å². The van der Waals surface area contributed by atoms with Crippen LogP contribution in [-0.2, 0) is 6.42 Å². The molecule has 0 fully saturated rings. The monoisotopic (exact) mass is 408 g/mol. The highest BCUT2D eigenvalue weighted by Gasteiger charge is 2.28. The minimum Gasteiger partial charge on any atom is -0.497 e. The maximum atomic E-state index is 12.7. The lowest BCUT2D eigenvalue weighted by molar-refractivity contribution is 0.0953. The third-order valence-electron chi connectivity index (χ3n) is 4.79. The summed E-state index contributed by atoms with van der Waals surface area (Å²) in [6.07, 6.45) is 1.23. The number of methoxy groups -OCH3 is 1. The lowest BCUT2D eigenvalue weighted by atomic mass is 9.87. The van der Waals surface area contributed by atoms with Crippen LogP contribution in [0.25, 0.3) is 0 Å². The highest BCUT2D eigenvalue weighted by Crippen LogP contribution is 2.32. The van der Waals surface area contributed by atoms with E-state index in [4.69, 9.17) is 16.3 Å². The Labute approximate surface area is 174 Å². The quantitative estimate of drug-likeness (QED) is 0.589. The predicted octanol–water partition coefficient (Wildman–Crippen LogP) is 5.39. The third kappa shape index (κ3) is 4.32. The predicted molar refractivity (Wildman–Crippen MR) is 115 cm³/mol. The first-order chi connectivity index (χ1) is 14.0. The summed E-state index contributed by atoms with van der Waals surface area (Å²) in [5, 5.41) is 7.13. The summed E-state index contributed by atoms with van der Waals surface area (Å²) in [7, 11) is 1.62. The molecule has 148 valence electrons. The van der Waals surface area contributed by atoms with E-state index in [-0.39, 0.29) is 11.7 Å². The van der Waals surface area contributed by atoms with Gasteiger partial charge in [-0.3, -0.25) is 4.79 Å². The SMILES string of the molecule is COc1ccc(Nc2nc(Nc3ccc(Cl)cc3)nc3c2C(=O)CC(C)C3)cc1. The van der Waals surface area contributed by atoms with E-state index in [1.165, 1.54) is 0 Å². The van der Waals surface area contributed by atoms with Crippen LogP contribution in [-0.4, -0.2) is 22.9 Å². The molecule has 4 rings (SSSR count). The minimum atomic E-state index is 0.0628. The molecule has 0 spiro atoms. The molecule has 29 heavy (non-hydrogen) atoms. The molecule has 2 N–H and O–H groups in total. The number of halogens is 1. The van der Waals surface area contributed by atoms with Crippen molar-refractivity contribution in [3.63, 3.8) is 0 Å². The zero-order chi connectivity index (χ0) is 20.4. The van der Waals surface area contributed by atoms with Crippen LogP contribution in [0.5, 0.6) is 5.75 Å². The number of ketones is 1. The molecular weight excluding hydrogens is 388 g/mol. The number of aromatic nitrogens is 2. The van der Waals surface area contributed by atoms with Crippen LogP contribution >= 0.6 is 11.6 Å². The number of rotatable bonds is 5. The largest absolute Gasteiger partial charge is 0.497 e. The molecule has 0 radical (unpaired) electrons. The number of hydrogen-bond donors (Lipinski definition) is 2. The molecule has 1 aromatic heterocycles. The summed E-state index contributed by atoms with van der Waals surface area (Å²) in [6.45, 7) is 2.06. The van der Waals surface area contributed by atoms with Gasteiger partial charge in [-0.05, 0) is 60.9 Å². The van der Waals surface area contributed by atoms with Gasteiger partial charge in [0.15, 0.2) is 5.78 Å². The Morgan fingerprint density at radius 3 is 2.31 bits per heavy atom. The fourth-order valence-electron chi connectivity index (χ4n) is 3.39. The number of Topliss-reactive ketones (excluding diaryl/α,β-unsaturated/α-hetero) is 1. The van der Waals surface area contributed by atoms with Crippen LogP contribution in [0.4, 0.5) is 23.1 Å². The Morgan fingerprint density at radius 1 is 0.966 bits per heavy atom. The molecule has 1 unspecified atom stereocenters. The average Bonchev–Trinajstić information content (AvgIpc) is 2.69. The number of ether oxygens (including phenoxy) is 1. The zero-order valence-corrected chi connectivity index (χ0v) is 17.0. The molecule has 1 aliphatic carbocycles. The second-order valence-electron chi connectivity index (χ2n) is 7.14. The summed E-state index contributed by atoms with van der Waals surface area (Å²) in [6, 6.07) is 14.8. The maximum Gasteiger partial charge on any atom is 0.229 e. The van der Waals surface area contributed by atoms with Gasteiger partial charge in [-0.15, -0.1) is 0 Å². The van der Waals surface area contributed by atoms with Gasteiger partial charge < -0.3 is 15.4 Å². The van der Waals surface area contributed by atoms with Gasteiger partial charge in [0, 0.05) is 22.8 Å². The number of nitrogens with one attached hydrogen (secondary N) is 2. The topological polar surface area (TPSA) is 76.1 Å². The average molecular weight is 409 g/mol. The van der Waals surface area contributed by atoms with Crippen LogP contribution in [0.2, 0.25) is 5.02 Å². The summed E-state index contributed by atoms with van der Waals surface area (Å²) < 4.78 is 5.21. The minimum absolute atomic E-state index is 0.0628. The summed E-state index contributed by atoms with van der Waals surface area (Å²) >= 11 is 5.96. The van der Waals surface area contributed by atoms with Gasteiger partial charge >= 0.3 is 0 Å². The van der Waals surface area contributed by atoms with Crippen LogP contribution < -0.4 is 15.4 Å². The van der Waals surface area contributed by atoms with Crippen molar-refractivity contribution in [3.8, 4) is 5.75 Å². The Hall–Kier alpha value is -3.12. The van der Waals surface area contributed by atoms with E-state index in [9.17, 15) is 4.79 Å². The van der Waals surface area contributed by atoms with Crippen molar-refractivity contribution < 1.29 is 9.53 Å². The van der Waals surface area contributed by atoms with Crippen molar-refractivity contribution in [2.75, 3.05) is 17.7 Å². The van der Waals surface area contributed by atoms with Gasteiger partial charge in [0.05, 0.1) is 18.4 Å².